The second-order valence-corrected chi connectivity index (χ2v) is 6.40. The van der Waals surface area contributed by atoms with Crippen LogP contribution in [0.4, 0.5) is 5.13 Å². The fraction of sp³-hybridized carbons (Fsp3) is 0.308. The highest BCUT2D eigenvalue weighted by molar-refractivity contribution is 7.14. The van der Waals surface area contributed by atoms with Crippen LogP contribution in [0.25, 0.3) is 0 Å². The lowest BCUT2D eigenvalue weighted by Crippen LogP contribution is -2.27. The summed E-state index contributed by atoms with van der Waals surface area (Å²) >= 11 is 2.72. The van der Waals surface area contributed by atoms with Gasteiger partial charge < -0.3 is 5.32 Å². The summed E-state index contributed by atoms with van der Waals surface area (Å²) in [6, 6.07) is 3.95. The highest BCUT2D eigenvalue weighted by Gasteiger charge is 2.23. The fourth-order valence-corrected chi connectivity index (χ4v) is 3.01. The molecule has 7 heteroatoms. The van der Waals surface area contributed by atoms with Crippen LogP contribution in [0, 0.1) is 0 Å². The summed E-state index contributed by atoms with van der Waals surface area (Å²) in [5.74, 6) is -0.169. The highest BCUT2D eigenvalue weighted by Crippen LogP contribution is 2.20. The predicted octanol–water partition coefficient (Wildman–Crippen LogP) is 2.28. The molecule has 0 bridgehead atoms. The van der Waals surface area contributed by atoms with Gasteiger partial charge in [-0.3, -0.25) is 14.9 Å². The first-order valence-electron chi connectivity index (χ1n) is 6.29. The number of hydrogen-bond donors (Lipinski definition) is 2. The fourth-order valence-electron chi connectivity index (χ4n) is 1.68. The summed E-state index contributed by atoms with van der Waals surface area (Å²) in [6.07, 6.45) is 2.41. The molecule has 2 aromatic rings. The lowest BCUT2D eigenvalue weighted by Gasteiger charge is -2.00. The second-order valence-electron chi connectivity index (χ2n) is 4.59. The first kappa shape index (κ1) is 13.3. The van der Waals surface area contributed by atoms with E-state index in [9.17, 15) is 9.59 Å². The molecule has 1 aliphatic carbocycles. The summed E-state index contributed by atoms with van der Waals surface area (Å²) in [4.78, 5) is 28.4. The summed E-state index contributed by atoms with van der Waals surface area (Å²) in [6.45, 7) is 0. The van der Waals surface area contributed by atoms with Gasteiger partial charge in [0.15, 0.2) is 5.13 Å². The Morgan fingerprint density at radius 3 is 2.90 bits per heavy atom. The molecule has 0 unspecified atom stereocenters. The second kappa shape index (κ2) is 5.72. The smallest absolute Gasteiger partial charge is 0.267 e. The molecule has 0 spiro atoms. The van der Waals surface area contributed by atoms with Crippen LogP contribution in [0.5, 0.6) is 0 Å². The van der Waals surface area contributed by atoms with Crippen molar-refractivity contribution in [3.63, 3.8) is 0 Å². The van der Waals surface area contributed by atoms with E-state index in [-0.39, 0.29) is 18.2 Å². The van der Waals surface area contributed by atoms with E-state index in [1.165, 1.54) is 22.7 Å². The molecular weight excluding hydrogens is 294 g/mol. The third kappa shape index (κ3) is 3.43. The van der Waals surface area contributed by atoms with Gasteiger partial charge in [-0.05, 0) is 24.3 Å². The third-order valence-corrected chi connectivity index (χ3v) is 4.48. The summed E-state index contributed by atoms with van der Waals surface area (Å²) in [5.41, 5.74) is 0.689. The van der Waals surface area contributed by atoms with Gasteiger partial charge in [-0.2, -0.15) is 0 Å². The first-order chi connectivity index (χ1) is 9.70. The van der Waals surface area contributed by atoms with Crippen LogP contribution in [0.15, 0.2) is 22.9 Å². The average Bonchev–Trinajstić information content (AvgIpc) is 2.93. The number of aromatic nitrogens is 1. The maximum absolute atomic E-state index is 11.8. The van der Waals surface area contributed by atoms with Gasteiger partial charge in [-0.25, -0.2) is 4.98 Å². The number of nitrogens with zero attached hydrogens (tertiary/aromatic N) is 1. The molecule has 20 heavy (non-hydrogen) atoms. The van der Waals surface area contributed by atoms with Crippen molar-refractivity contribution in [2.75, 3.05) is 5.32 Å². The Kier molecular flexibility index (Phi) is 3.79. The molecule has 0 saturated heterocycles. The lowest BCUT2D eigenvalue weighted by molar-refractivity contribution is -0.120. The number of hydrogen-bond acceptors (Lipinski definition) is 5. The van der Waals surface area contributed by atoms with Gasteiger partial charge >= 0.3 is 0 Å². The minimum absolute atomic E-state index is 0.00562. The number of thiazole rings is 1. The van der Waals surface area contributed by atoms with Crippen LogP contribution < -0.4 is 10.6 Å². The van der Waals surface area contributed by atoms with Gasteiger partial charge in [0.1, 0.15) is 0 Å². The zero-order valence-corrected chi connectivity index (χ0v) is 12.2. The van der Waals surface area contributed by atoms with Gasteiger partial charge in [-0.15, -0.1) is 22.7 Å². The number of carbonyl (C=O) groups excluding carboxylic acids is 2. The Morgan fingerprint density at radius 1 is 1.35 bits per heavy atom. The number of thiophene rings is 1. The Bertz CT molecular complexity index is 617. The van der Waals surface area contributed by atoms with Crippen LogP contribution in [-0.4, -0.2) is 22.8 Å². The molecule has 104 valence electrons. The molecule has 2 amide bonds. The zero-order chi connectivity index (χ0) is 13.9. The normalized spacial score (nSPS) is 14.0. The van der Waals surface area contributed by atoms with E-state index in [4.69, 9.17) is 0 Å². The number of amides is 2. The maximum Gasteiger partial charge on any atom is 0.267 e. The summed E-state index contributed by atoms with van der Waals surface area (Å²) in [7, 11) is 0. The summed E-state index contributed by atoms with van der Waals surface area (Å²) in [5, 5.41) is 9.83. The monoisotopic (exact) mass is 307 g/mol. The Hall–Kier alpha value is -1.73. The van der Waals surface area contributed by atoms with Crippen LogP contribution in [0.3, 0.4) is 0 Å². The first-order valence-corrected chi connectivity index (χ1v) is 8.05. The molecule has 1 saturated carbocycles. The van der Waals surface area contributed by atoms with Gasteiger partial charge in [0.25, 0.3) is 5.91 Å². The van der Waals surface area contributed by atoms with Crippen LogP contribution in [0.2, 0.25) is 0 Å². The molecule has 2 heterocycles. The molecular formula is C13H13N3O2S2. The van der Waals surface area contributed by atoms with E-state index in [1.54, 1.807) is 11.4 Å². The predicted molar refractivity (Wildman–Crippen MR) is 79.3 cm³/mol. The topological polar surface area (TPSA) is 71.1 Å². The molecule has 3 rings (SSSR count). The number of nitrogens with one attached hydrogen (secondary N) is 2. The Labute approximate surface area is 124 Å². The van der Waals surface area contributed by atoms with Gasteiger partial charge in [0.05, 0.1) is 17.0 Å². The minimum atomic E-state index is -0.164. The largest absolute Gasteiger partial charge is 0.353 e. The minimum Gasteiger partial charge on any atom is -0.353 e. The van der Waals surface area contributed by atoms with Crippen molar-refractivity contribution in [1.29, 1.82) is 0 Å². The SMILES string of the molecule is O=C(Cc1csc(NC(=O)c2cccs2)n1)NC1CC1. The molecule has 2 N–H and O–H groups in total. The summed E-state index contributed by atoms with van der Waals surface area (Å²) < 4.78 is 0. The molecule has 0 atom stereocenters. The van der Waals surface area contributed by atoms with E-state index in [1.807, 2.05) is 11.4 Å². The molecule has 1 aliphatic rings. The van der Waals surface area contributed by atoms with Crippen molar-refractivity contribution in [2.45, 2.75) is 25.3 Å². The molecule has 5 nitrogen and oxygen atoms in total. The van der Waals surface area contributed by atoms with Crippen LogP contribution in [0.1, 0.15) is 28.2 Å². The molecule has 0 aliphatic heterocycles. The Morgan fingerprint density at radius 2 is 2.20 bits per heavy atom. The molecule has 2 aromatic heterocycles. The average molecular weight is 307 g/mol. The van der Waals surface area contributed by atoms with E-state index in [0.29, 0.717) is 21.7 Å². The third-order valence-electron chi connectivity index (χ3n) is 2.80. The number of rotatable bonds is 5. The standard InChI is InChI=1S/C13H13N3O2S2/c17-11(14-8-3-4-8)6-9-7-20-13(15-9)16-12(18)10-2-1-5-19-10/h1-2,5,7-8H,3-4,6H2,(H,14,17)(H,15,16,18). The number of anilines is 1. The van der Waals surface area contributed by atoms with Crippen molar-refractivity contribution in [3.8, 4) is 0 Å². The quantitative estimate of drug-likeness (QED) is 0.890. The Balaban J connectivity index is 1.56. The van der Waals surface area contributed by atoms with Crippen molar-refractivity contribution in [1.82, 2.24) is 10.3 Å². The van der Waals surface area contributed by atoms with Crippen LogP contribution >= 0.6 is 22.7 Å². The molecule has 0 aromatic carbocycles. The molecule has 0 radical (unpaired) electrons. The lowest BCUT2D eigenvalue weighted by atomic mass is 10.3. The van der Waals surface area contributed by atoms with Gasteiger partial charge in [0, 0.05) is 11.4 Å². The van der Waals surface area contributed by atoms with E-state index < -0.39 is 0 Å². The molecule has 1 fully saturated rings. The van der Waals surface area contributed by atoms with Crippen molar-refractivity contribution < 1.29 is 9.59 Å². The zero-order valence-electron chi connectivity index (χ0n) is 10.6. The van der Waals surface area contributed by atoms with Crippen molar-refractivity contribution in [2.24, 2.45) is 0 Å². The van der Waals surface area contributed by atoms with Crippen molar-refractivity contribution >= 4 is 39.6 Å². The van der Waals surface area contributed by atoms with E-state index in [2.05, 4.69) is 15.6 Å². The highest BCUT2D eigenvalue weighted by atomic mass is 32.1. The maximum atomic E-state index is 11.8. The van der Waals surface area contributed by atoms with Crippen LogP contribution in [-0.2, 0) is 11.2 Å². The van der Waals surface area contributed by atoms with E-state index >= 15 is 0 Å². The van der Waals surface area contributed by atoms with Crippen molar-refractivity contribution in [3.05, 3.63) is 33.5 Å². The number of carbonyl (C=O) groups is 2. The van der Waals surface area contributed by atoms with Gasteiger partial charge in [0.2, 0.25) is 5.91 Å². The van der Waals surface area contributed by atoms with Gasteiger partial charge in [-0.1, -0.05) is 6.07 Å². The van der Waals surface area contributed by atoms with E-state index in [0.717, 1.165) is 12.8 Å².